The number of aryl methyl sites for hydroxylation is 1. The van der Waals surface area contributed by atoms with Crippen molar-refractivity contribution in [2.24, 2.45) is 0 Å². The van der Waals surface area contributed by atoms with E-state index >= 15 is 0 Å². The van der Waals surface area contributed by atoms with Gasteiger partial charge in [-0.25, -0.2) is 0 Å². The maximum atomic E-state index is 11.7. The molecule has 0 aliphatic carbocycles. The molecule has 6 nitrogen and oxygen atoms in total. The van der Waals surface area contributed by atoms with Crippen molar-refractivity contribution in [2.45, 2.75) is 19.5 Å². The zero-order valence-corrected chi connectivity index (χ0v) is 11.6. The topological polar surface area (TPSA) is 80.0 Å². The van der Waals surface area contributed by atoms with Crippen LogP contribution >= 0.6 is 11.3 Å². The van der Waals surface area contributed by atoms with Crippen LogP contribution in [-0.4, -0.2) is 32.6 Å². The van der Waals surface area contributed by atoms with Gasteiger partial charge in [-0.3, -0.25) is 9.48 Å². The summed E-state index contributed by atoms with van der Waals surface area (Å²) < 4.78 is 1.61. The van der Waals surface area contributed by atoms with E-state index in [1.807, 2.05) is 11.4 Å². The van der Waals surface area contributed by atoms with E-state index in [-0.39, 0.29) is 12.5 Å². The molecule has 104 valence electrons. The van der Waals surface area contributed by atoms with Gasteiger partial charge in [-0.1, -0.05) is 17.1 Å². The van der Waals surface area contributed by atoms with Gasteiger partial charge >= 0.3 is 0 Å². The molecule has 0 spiro atoms. The van der Waals surface area contributed by atoms with Crippen molar-refractivity contribution in [2.75, 3.05) is 6.61 Å². The zero-order valence-electron chi connectivity index (χ0n) is 10.7. The minimum Gasteiger partial charge on any atom is -0.384 e. The number of hydrogen-bond donors (Lipinski definition) is 2. The fourth-order valence-corrected chi connectivity index (χ4v) is 2.33. The second kappa shape index (κ2) is 7.43. The molecule has 2 aromatic heterocycles. The SMILES string of the molecule is O=C(CCn1ccnn1)NCc1sccc1C#CCO. The summed E-state index contributed by atoms with van der Waals surface area (Å²) in [5.41, 5.74) is 0.848. The third-order valence-electron chi connectivity index (χ3n) is 2.53. The summed E-state index contributed by atoms with van der Waals surface area (Å²) >= 11 is 1.53. The summed E-state index contributed by atoms with van der Waals surface area (Å²) in [5, 5.41) is 20.9. The smallest absolute Gasteiger partial charge is 0.222 e. The lowest BCUT2D eigenvalue weighted by Crippen LogP contribution is -2.24. The minimum atomic E-state index is -0.167. The van der Waals surface area contributed by atoms with E-state index in [9.17, 15) is 4.79 Å². The molecule has 1 amide bonds. The number of amides is 1. The molecule has 0 radical (unpaired) electrons. The van der Waals surface area contributed by atoms with E-state index in [1.165, 1.54) is 11.3 Å². The first-order chi connectivity index (χ1) is 9.79. The van der Waals surface area contributed by atoms with E-state index in [4.69, 9.17) is 5.11 Å². The number of nitrogens with one attached hydrogen (secondary N) is 1. The molecule has 0 bridgehead atoms. The van der Waals surface area contributed by atoms with Gasteiger partial charge in [0.2, 0.25) is 5.91 Å². The van der Waals surface area contributed by atoms with Gasteiger partial charge in [-0.15, -0.1) is 16.4 Å². The van der Waals surface area contributed by atoms with Crippen molar-refractivity contribution in [3.8, 4) is 11.8 Å². The molecule has 0 aliphatic heterocycles. The summed E-state index contributed by atoms with van der Waals surface area (Å²) in [7, 11) is 0. The van der Waals surface area contributed by atoms with Gasteiger partial charge < -0.3 is 10.4 Å². The van der Waals surface area contributed by atoms with Crippen LogP contribution in [0.1, 0.15) is 16.9 Å². The highest BCUT2D eigenvalue weighted by Crippen LogP contribution is 2.15. The zero-order chi connectivity index (χ0) is 14.2. The largest absolute Gasteiger partial charge is 0.384 e. The van der Waals surface area contributed by atoms with E-state index in [1.54, 1.807) is 17.1 Å². The van der Waals surface area contributed by atoms with Crippen molar-refractivity contribution < 1.29 is 9.90 Å². The second-order valence-corrected chi connectivity index (χ2v) is 4.91. The molecule has 0 saturated heterocycles. The molecule has 2 N–H and O–H groups in total. The van der Waals surface area contributed by atoms with Gasteiger partial charge in [-0.05, 0) is 11.4 Å². The Morgan fingerprint density at radius 3 is 3.20 bits per heavy atom. The van der Waals surface area contributed by atoms with Crippen molar-refractivity contribution in [1.29, 1.82) is 0 Å². The number of carbonyl (C=O) groups is 1. The van der Waals surface area contributed by atoms with Crippen LogP contribution in [0.25, 0.3) is 0 Å². The Labute approximate surface area is 120 Å². The molecule has 0 fully saturated rings. The Morgan fingerprint density at radius 2 is 2.45 bits per heavy atom. The van der Waals surface area contributed by atoms with E-state index in [0.29, 0.717) is 19.5 Å². The highest BCUT2D eigenvalue weighted by molar-refractivity contribution is 7.10. The lowest BCUT2D eigenvalue weighted by atomic mass is 10.2. The molecule has 2 aromatic rings. The van der Waals surface area contributed by atoms with Crippen LogP contribution in [0.15, 0.2) is 23.8 Å². The molecule has 20 heavy (non-hydrogen) atoms. The quantitative estimate of drug-likeness (QED) is 0.781. The molecule has 0 saturated carbocycles. The van der Waals surface area contributed by atoms with Crippen LogP contribution in [-0.2, 0) is 17.9 Å². The number of rotatable bonds is 5. The molecule has 0 aromatic carbocycles. The monoisotopic (exact) mass is 290 g/mol. The van der Waals surface area contributed by atoms with Crippen LogP contribution in [0.3, 0.4) is 0 Å². The van der Waals surface area contributed by atoms with Crippen molar-refractivity contribution in [1.82, 2.24) is 20.3 Å². The highest BCUT2D eigenvalue weighted by Gasteiger charge is 2.05. The summed E-state index contributed by atoms with van der Waals surface area (Å²) in [6.45, 7) is 0.788. The van der Waals surface area contributed by atoms with Gasteiger partial charge in [0, 0.05) is 23.1 Å². The number of aliphatic hydroxyl groups excluding tert-OH is 1. The third kappa shape index (κ3) is 4.19. The van der Waals surface area contributed by atoms with Gasteiger partial charge in [0.05, 0.1) is 19.3 Å². The van der Waals surface area contributed by atoms with E-state index < -0.39 is 0 Å². The van der Waals surface area contributed by atoms with E-state index in [0.717, 1.165) is 10.4 Å². The van der Waals surface area contributed by atoms with Gasteiger partial charge in [0.25, 0.3) is 0 Å². The summed E-state index contributed by atoms with van der Waals surface area (Å²) in [4.78, 5) is 12.7. The molecule has 0 atom stereocenters. The first kappa shape index (κ1) is 14.2. The molecular weight excluding hydrogens is 276 g/mol. The molecule has 2 heterocycles. The normalized spacial score (nSPS) is 9.85. The standard InChI is InChI=1S/C13H14N4O2S/c18-8-1-2-11-4-9-20-12(11)10-14-13(19)3-6-17-7-5-15-16-17/h4-5,7,9,18H,3,6,8,10H2,(H,14,19). The Bertz CT molecular complexity index is 610. The van der Waals surface area contributed by atoms with Crippen LogP contribution in [0.5, 0.6) is 0 Å². The lowest BCUT2D eigenvalue weighted by Gasteiger charge is -2.04. The minimum absolute atomic E-state index is 0.0463. The predicted octanol–water partition coefficient (Wildman–Crippen LogP) is 0.390. The molecule has 0 unspecified atom stereocenters. The third-order valence-corrected chi connectivity index (χ3v) is 3.45. The van der Waals surface area contributed by atoms with Gasteiger partial charge in [0.1, 0.15) is 6.61 Å². The van der Waals surface area contributed by atoms with E-state index in [2.05, 4.69) is 27.5 Å². The first-order valence-corrected chi connectivity index (χ1v) is 6.94. The average molecular weight is 290 g/mol. The number of aliphatic hydroxyl groups is 1. The Balaban J connectivity index is 1.80. The predicted molar refractivity (Wildman–Crippen MR) is 74.8 cm³/mol. The number of thiophene rings is 1. The number of hydrogen-bond acceptors (Lipinski definition) is 5. The summed E-state index contributed by atoms with van der Waals surface area (Å²) in [6, 6.07) is 1.88. The number of nitrogens with zero attached hydrogens (tertiary/aromatic N) is 3. The fourth-order valence-electron chi connectivity index (χ4n) is 1.56. The average Bonchev–Trinajstić information content (AvgIpc) is 3.11. The maximum absolute atomic E-state index is 11.7. The molecular formula is C13H14N4O2S. The summed E-state index contributed by atoms with van der Waals surface area (Å²) in [5.74, 6) is 5.41. The second-order valence-electron chi connectivity index (χ2n) is 3.91. The first-order valence-electron chi connectivity index (χ1n) is 6.06. The fraction of sp³-hybridized carbons (Fsp3) is 0.308. The Kier molecular flexibility index (Phi) is 5.29. The molecule has 7 heteroatoms. The lowest BCUT2D eigenvalue weighted by molar-refractivity contribution is -0.121. The maximum Gasteiger partial charge on any atom is 0.222 e. The summed E-state index contributed by atoms with van der Waals surface area (Å²) in [6.07, 6.45) is 3.65. The van der Waals surface area contributed by atoms with Crippen LogP contribution in [0.4, 0.5) is 0 Å². The van der Waals surface area contributed by atoms with Gasteiger partial charge in [0.15, 0.2) is 0 Å². The van der Waals surface area contributed by atoms with Crippen LogP contribution in [0, 0.1) is 11.8 Å². The Morgan fingerprint density at radius 1 is 1.55 bits per heavy atom. The van der Waals surface area contributed by atoms with Crippen molar-refractivity contribution >= 4 is 17.2 Å². The van der Waals surface area contributed by atoms with Crippen molar-refractivity contribution in [3.05, 3.63) is 34.3 Å². The van der Waals surface area contributed by atoms with Gasteiger partial charge in [-0.2, -0.15) is 0 Å². The Hall–Kier alpha value is -2.17. The highest BCUT2D eigenvalue weighted by atomic mass is 32.1. The van der Waals surface area contributed by atoms with Crippen molar-refractivity contribution in [3.63, 3.8) is 0 Å². The molecule has 0 aliphatic rings. The number of aromatic nitrogens is 3. The number of carbonyl (C=O) groups excluding carboxylic acids is 1. The van der Waals surface area contributed by atoms with Crippen LogP contribution in [0.2, 0.25) is 0 Å². The molecule has 2 rings (SSSR count). The van der Waals surface area contributed by atoms with Crippen LogP contribution < -0.4 is 5.32 Å².